The second-order valence-corrected chi connectivity index (χ2v) is 4.98. The summed E-state index contributed by atoms with van der Waals surface area (Å²) in [6.45, 7) is 1.66. The second-order valence-electron chi connectivity index (χ2n) is 4.07. The van der Waals surface area contributed by atoms with Crippen molar-refractivity contribution >= 4 is 33.5 Å². The number of anilines is 1. The molecule has 0 aliphatic carbocycles. The third kappa shape index (κ3) is 2.39. The summed E-state index contributed by atoms with van der Waals surface area (Å²) in [4.78, 5) is 23.2. The summed E-state index contributed by atoms with van der Waals surface area (Å²) in [5.74, 6) is -0.565. The minimum absolute atomic E-state index is 0.168. The summed E-state index contributed by atoms with van der Waals surface area (Å²) in [6.07, 6.45) is 0. The van der Waals surface area contributed by atoms with Crippen molar-refractivity contribution in [1.29, 1.82) is 0 Å². The summed E-state index contributed by atoms with van der Waals surface area (Å²) in [7, 11) is 1.32. The van der Waals surface area contributed by atoms with Crippen LogP contribution in [0.1, 0.15) is 18.5 Å². The molecule has 1 aromatic rings. The van der Waals surface area contributed by atoms with Gasteiger partial charge in [0, 0.05) is 15.7 Å². The highest BCUT2D eigenvalue weighted by Gasteiger charge is 2.32. The summed E-state index contributed by atoms with van der Waals surface area (Å²) in [6, 6.07) is 4.45. The molecule has 96 valence electrons. The van der Waals surface area contributed by atoms with Gasteiger partial charge in [0.2, 0.25) is 5.91 Å². The van der Waals surface area contributed by atoms with E-state index >= 15 is 0 Å². The molecule has 1 heterocycles. The van der Waals surface area contributed by atoms with Crippen molar-refractivity contribution in [2.45, 2.75) is 19.0 Å². The lowest BCUT2D eigenvalue weighted by Crippen LogP contribution is -2.40. The lowest BCUT2D eigenvalue weighted by Gasteiger charge is -2.16. The van der Waals surface area contributed by atoms with Crippen LogP contribution >= 0.6 is 15.9 Å². The van der Waals surface area contributed by atoms with Crippen LogP contribution in [0, 0.1) is 0 Å². The summed E-state index contributed by atoms with van der Waals surface area (Å²) >= 11 is 3.36. The van der Waals surface area contributed by atoms with E-state index < -0.39 is 18.1 Å². The molecule has 1 aliphatic rings. The van der Waals surface area contributed by atoms with Crippen molar-refractivity contribution in [1.82, 2.24) is 5.32 Å². The van der Waals surface area contributed by atoms with Gasteiger partial charge in [-0.1, -0.05) is 15.9 Å². The fourth-order valence-corrected chi connectivity index (χ4v) is 2.27. The van der Waals surface area contributed by atoms with Gasteiger partial charge >= 0.3 is 5.97 Å². The molecule has 0 saturated carbocycles. The van der Waals surface area contributed by atoms with E-state index in [9.17, 15) is 9.59 Å². The number of methoxy groups -OCH3 is 1. The Balaban J connectivity index is 2.22. The van der Waals surface area contributed by atoms with Crippen molar-refractivity contribution in [3.05, 3.63) is 28.2 Å². The summed E-state index contributed by atoms with van der Waals surface area (Å²) < 4.78 is 5.51. The number of fused-ring (bicyclic) bond motifs is 1. The smallest absolute Gasteiger partial charge is 0.322 e. The molecular formula is C12H13BrN2O3. The zero-order valence-corrected chi connectivity index (χ0v) is 11.6. The van der Waals surface area contributed by atoms with Gasteiger partial charge < -0.3 is 10.1 Å². The van der Waals surface area contributed by atoms with E-state index in [1.807, 2.05) is 18.2 Å². The molecule has 0 aromatic heterocycles. The zero-order chi connectivity index (χ0) is 13.3. The second kappa shape index (κ2) is 5.07. The van der Waals surface area contributed by atoms with Crippen molar-refractivity contribution < 1.29 is 14.3 Å². The van der Waals surface area contributed by atoms with Gasteiger partial charge in [0.15, 0.2) is 0 Å². The lowest BCUT2D eigenvalue weighted by atomic mass is 10.1. The maximum atomic E-state index is 11.8. The van der Waals surface area contributed by atoms with Gasteiger partial charge in [-0.2, -0.15) is 0 Å². The van der Waals surface area contributed by atoms with Gasteiger partial charge in [0.1, 0.15) is 12.1 Å². The van der Waals surface area contributed by atoms with Crippen LogP contribution in [0.15, 0.2) is 22.7 Å². The van der Waals surface area contributed by atoms with Crippen LogP contribution in [-0.4, -0.2) is 25.0 Å². The number of hydrogen-bond acceptors (Lipinski definition) is 4. The largest absolute Gasteiger partial charge is 0.468 e. The molecule has 5 nitrogen and oxygen atoms in total. The van der Waals surface area contributed by atoms with Crippen LogP contribution < -0.4 is 10.6 Å². The molecule has 2 N–H and O–H groups in total. The van der Waals surface area contributed by atoms with Crippen molar-refractivity contribution in [3.8, 4) is 0 Å². The van der Waals surface area contributed by atoms with E-state index in [4.69, 9.17) is 0 Å². The van der Waals surface area contributed by atoms with Gasteiger partial charge in [0.25, 0.3) is 0 Å². The number of halogens is 1. The average Bonchev–Trinajstić information content (AvgIpc) is 2.65. The number of benzene rings is 1. The highest BCUT2D eigenvalue weighted by Crippen LogP contribution is 2.33. The fraction of sp³-hybridized carbons (Fsp3) is 0.333. The summed E-state index contributed by atoms with van der Waals surface area (Å²) in [5.41, 5.74) is 1.59. The molecule has 18 heavy (non-hydrogen) atoms. The molecule has 6 heteroatoms. The van der Waals surface area contributed by atoms with Gasteiger partial charge in [-0.05, 0) is 25.1 Å². The Morgan fingerprint density at radius 3 is 2.94 bits per heavy atom. The molecule has 0 radical (unpaired) electrons. The van der Waals surface area contributed by atoms with E-state index in [1.54, 1.807) is 6.92 Å². The third-order valence-electron chi connectivity index (χ3n) is 2.82. The highest BCUT2D eigenvalue weighted by molar-refractivity contribution is 9.10. The minimum atomic E-state index is -0.546. The first-order valence-corrected chi connectivity index (χ1v) is 6.26. The predicted molar refractivity (Wildman–Crippen MR) is 70.1 cm³/mol. The molecular weight excluding hydrogens is 300 g/mol. The molecule has 0 spiro atoms. The topological polar surface area (TPSA) is 67.4 Å². The number of carbonyl (C=O) groups is 2. The van der Waals surface area contributed by atoms with E-state index in [-0.39, 0.29) is 5.91 Å². The zero-order valence-electron chi connectivity index (χ0n) is 9.99. The van der Waals surface area contributed by atoms with Crippen LogP contribution in [0.5, 0.6) is 0 Å². The van der Waals surface area contributed by atoms with Crippen LogP contribution in [0.25, 0.3) is 0 Å². The Labute approximate surface area is 113 Å². The van der Waals surface area contributed by atoms with E-state index in [2.05, 4.69) is 31.3 Å². The van der Waals surface area contributed by atoms with Gasteiger partial charge in [-0.25, -0.2) is 0 Å². The van der Waals surface area contributed by atoms with Crippen molar-refractivity contribution in [2.24, 2.45) is 0 Å². The Kier molecular flexibility index (Phi) is 3.68. The van der Waals surface area contributed by atoms with Gasteiger partial charge in [0.05, 0.1) is 7.11 Å². The van der Waals surface area contributed by atoms with Crippen molar-refractivity contribution in [2.75, 3.05) is 12.4 Å². The number of rotatable bonds is 3. The van der Waals surface area contributed by atoms with Crippen LogP contribution in [0.3, 0.4) is 0 Å². The predicted octanol–water partition coefficient (Wildman–Crippen LogP) is 1.59. The summed E-state index contributed by atoms with van der Waals surface area (Å²) in [5, 5.41) is 5.72. The number of nitrogens with one attached hydrogen (secondary N) is 2. The Morgan fingerprint density at radius 1 is 1.56 bits per heavy atom. The maximum absolute atomic E-state index is 11.8. The van der Waals surface area contributed by atoms with Crippen LogP contribution in [0.2, 0.25) is 0 Å². The fourth-order valence-electron chi connectivity index (χ4n) is 1.89. The molecule has 0 fully saturated rings. The minimum Gasteiger partial charge on any atom is -0.468 e. The van der Waals surface area contributed by atoms with E-state index in [1.165, 1.54) is 7.11 Å². The highest BCUT2D eigenvalue weighted by atomic mass is 79.9. The van der Waals surface area contributed by atoms with Gasteiger partial charge in [-0.15, -0.1) is 0 Å². The van der Waals surface area contributed by atoms with Crippen molar-refractivity contribution in [3.63, 3.8) is 0 Å². The number of carbonyl (C=O) groups excluding carboxylic acids is 2. The number of esters is 1. The maximum Gasteiger partial charge on any atom is 0.322 e. The first kappa shape index (κ1) is 13.0. The quantitative estimate of drug-likeness (QED) is 0.832. The first-order valence-electron chi connectivity index (χ1n) is 5.47. The van der Waals surface area contributed by atoms with E-state index in [0.29, 0.717) is 0 Å². The molecule has 1 aliphatic heterocycles. The standard InChI is InChI=1S/C12H13BrN2O3/c1-6(12(17)18-2)14-10-8-5-7(13)3-4-9(8)15-11(10)16/h3-6,10,14H,1-2H3,(H,15,16)/t6-,10?/m0/s1. The Bertz CT molecular complexity index is 504. The molecule has 0 saturated heterocycles. The first-order chi connectivity index (χ1) is 8.52. The van der Waals surface area contributed by atoms with Gasteiger partial charge in [-0.3, -0.25) is 14.9 Å². The van der Waals surface area contributed by atoms with E-state index in [0.717, 1.165) is 15.7 Å². The Morgan fingerprint density at radius 2 is 2.28 bits per heavy atom. The normalized spacial score (nSPS) is 19.1. The van der Waals surface area contributed by atoms with Crippen LogP contribution in [-0.2, 0) is 14.3 Å². The average molecular weight is 313 g/mol. The number of amides is 1. The molecule has 1 amide bonds. The lowest BCUT2D eigenvalue weighted by molar-refractivity contribution is -0.142. The monoisotopic (exact) mass is 312 g/mol. The number of hydrogen-bond donors (Lipinski definition) is 2. The molecule has 0 bridgehead atoms. The van der Waals surface area contributed by atoms with Crippen LogP contribution in [0.4, 0.5) is 5.69 Å². The SMILES string of the molecule is COC(=O)[C@H](C)NC1C(=O)Nc2ccc(Br)cc21. The molecule has 1 unspecified atom stereocenters. The molecule has 2 rings (SSSR count). The Hall–Kier alpha value is -1.40. The third-order valence-corrected chi connectivity index (χ3v) is 3.31. The number of ether oxygens (including phenoxy) is 1. The molecule has 2 atom stereocenters. The molecule has 1 aromatic carbocycles.